The van der Waals surface area contributed by atoms with Crippen LogP contribution in [0.5, 0.6) is 0 Å². The molecule has 4 nitrogen and oxygen atoms in total. The van der Waals surface area contributed by atoms with Gasteiger partial charge in [0.25, 0.3) is 0 Å². The topological polar surface area (TPSA) is 41.7 Å². The number of rotatable bonds is 10. The van der Waals surface area contributed by atoms with E-state index in [0.717, 1.165) is 39.1 Å². The summed E-state index contributed by atoms with van der Waals surface area (Å²) in [6, 6.07) is 0.510. The Morgan fingerprint density at radius 2 is 1.81 bits per heavy atom. The van der Waals surface area contributed by atoms with E-state index in [0.29, 0.717) is 6.04 Å². The van der Waals surface area contributed by atoms with Crippen molar-refractivity contribution in [2.45, 2.75) is 25.3 Å². The zero-order chi connectivity index (χ0) is 12.4. The molecule has 0 fully saturated rings. The molecule has 0 saturated heterocycles. The molecule has 16 heavy (non-hydrogen) atoms. The lowest BCUT2D eigenvalue weighted by atomic mass is 10.1. The number of hydrogen-bond donors (Lipinski definition) is 1. The quantitative estimate of drug-likeness (QED) is 0.598. The molecule has 0 rings (SSSR count). The molecule has 0 radical (unpaired) electrons. The normalized spacial score (nSPS) is 13.7. The van der Waals surface area contributed by atoms with Crippen LogP contribution in [0.2, 0.25) is 0 Å². The maximum atomic E-state index is 5.55. The van der Waals surface area contributed by atoms with Crippen LogP contribution in [-0.4, -0.2) is 70.3 Å². The molecule has 0 bridgehead atoms. The van der Waals surface area contributed by atoms with Crippen molar-refractivity contribution in [1.82, 2.24) is 9.80 Å². The Hall–Kier alpha value is -0.160. The molecule has 0 saturated carbocycles. The van der Waals surface area contributed by atoms with Crippen molar-refractivity contribution in [2.24, 2.45) is 5.73 Å². The Kier molecular flexibility index (Phi) is 9.92. The molecule has 0 aromatic rings. The van der Waals surface area contributed by atoms with Gasteiger partial charge in [-0.15, -0.1) is 0 Å². The molecule has 98 valence electrons. The zero-order valence-electron chi connectivity index (χ0n) is 11.4. The van der Waals surface area contributed by atoms with Crippen molar-refractivity contribution >= 4 is 0 Å². The van der Waals surface area contributed by atoms with E-state index in [1.807, 2.05) is 0 Å². The lowest BCUT2D eigenvalue weighted by molar-refractivity contribution is 0.0981. The molecule has 1 atom stereocenters. The summed E-state index contributed by atoms with van der Waals surface area (Å²) < 4.78 is 5.26. The summed E-state index contributed by atoms with van der Waals surface area (Å²) in [6.07, 6.45) is 3.40. The fourth-order valence-corrected chi connectivity index (χ4v) is 1.80. The summed E-state index contributed by atoms with van der Waals surface area (Å²) in [4.78, 5) is 4.61. The van der Waals surface area contributed by atoms with Crippen molar-refractivity contribution in [1.29, 1.82) is 0 Å². The van der Waals surface area contributed by atoms with Crippen LogP contribution < -0.4 is 5.73 Å². The van der Waals surface area contributed by atoms with Crippen LogP contribution in [0.1, 0.15) is 19.3 Å². The summed E-state index contributed by atoms with van der Waals surface area (Å²) in [5.41, 5.74) is 5.55. The molecule has 0 aromatic carbocycles. The van der Waals surface area contributed by atoms with Gasteiger partial charge in [0.05, 0.1) is 6.61 Å². The van der Waals surface area contributed by atoms with Gasteiger partial charge in [0.2, 0.25) is 0 Å². The first-order valence-corrected chi connectivity index (χ1v) is 6.15. The highest BCUT2D eigenvalue weighted by Gasteiger charge is 2.13. The molecular weight excluding hydrogens is 202 g/mol. The van der Waals surface area contributed by atoms with Gasteiger partial charge in [-0.25, -0.2) is 0 Å². The predicted octanol–water partition coefficient (Wildman–Crippen LogP) is 0.624. The van der Waals surface area contributed by atoms with Crippen molar-refractivity contribution < 1.29 is 4.74 Å². The van der Waals surface area contributed by atoms with E-state index < -0.39 is 0 Å². The lowest BCUT2D eigenvalue weighted by Gasteiger charge is -2.27. The second kappa shape index (κ2) is 10.0. The van der Waals surface area contributed by atoms with Crippen LogP contribution in [0.15, 0.2) is 0 Å². The smallest absolute Gasteiger partial charge is 0.0617 e. The average Bonchev–Trinajstić information content (AvgIpc) is 2.23. The zero-order valence-corrected chi connectivity index (χ0v) is 11.4. The molecule has 0 aromatic heterocycles. The first-order chi connectivity index (χ1) is 7.61. The molecule has 0 heterocycles. The predicted molar refractivity (Wildman–Crippen MR) is 69.8 cm³/mol. The van der Waals surface area contributed by atoms with Crippen LogP contribution in [0.3, 0.4) is 0 Å². The highest BCUT2D eigenvalue weighted by molar-refractivity contribution is 4.69. The van der Waals surface area contributed by atoms with Crippen LogP contribution in [-0.2, 0) is 4.74 Å². The van der Waals surface area contributed by atoms with E-state index in [1.165, 1.54) is 6.42 Å². The molecule has 4 heteroatoms. The van der Waals surface area contributed by atoms with Crippen molar-refractivity contribution in [3.8, 4) is 0 Å². The number of methoxy groups -OCH3 is 1. The Morgan fingerprint density at radius 3 is 2.31 bits per heavy atom. The molecule has 2 N–H and O–H groups in total. The van der Waals surface area contributed by atoms with Gasteiger partial charge in [0.1, 0.15) is 0 Å². The largest absolute Gasteiger partial charge is 0.383 e. The van der Waals surface area contributed by atoms with Gasteiger partial charge >= 0.3 is 0 Å². The van der Waals surface area contributed by atoms with E-state index in [4.69, 9.17) is 10.5 Å². The van der Waals surface area contributed by atoms with Gasteiger partial charge < -0.3 is 20.3 Å². The fourth-order valence-electron chi connectivity index (χ4n) is 1.80. The second-order valence-corrected chi connectivity index (χ2v) is 4.68. The Morgan fingerprint density at radius 1 is 1.12 bits per heavy atom. The summed E-state index contributed by atoms with van der Waals surface area (Å²) >= 11 is 0. The van der Waals surface area contributed by atoms with E-state index in [1.54, 1.807) is 7.11 Å². The fraction of sp³-hybridized carbons (Fsp3) is 1.00. The molecule has 0 spiro atoms. The van der Waals surface area contributed by atoms with E-state index in [9.17, 15) is 0 Å². The lowest BCUT2D eigenvalue weighted by Crippen LogP contribution is -2.37. The SMILES string of the molecule is COCC(CCCN)N(C)CCCN(C)C. The van der Waals surface area contributed by atoms with Gasteiger partial charge in [-0.05, 0) is 60.0 Å². The van der Waals surface area contributed by atoms with Gasteiger partial charge in [0, 0.05) is 13.2 Å². The van der Waals surface area contributed by atoms with Crippen LogP contribution in [0, 0.1) is 0 Å². The van der Waals surface area contributed by atoms with Gasteiger partial charge in [-0.3, -0.25) is 0 Å². The van der Waals surface area contributed by atoms with Crippen molar-refractivity contribution in [3.63, 3.8) is 0 Å². The standard InChI is InChI=1S/C12H29N3O/c1-14(2)9-6-10-15(3)12(11-16-4)7-5-8-13/h12H,5-11,13H2,1-4H3. The summed E-state index contributed by atoms with van der Waals surface area (Å²) in [5.74, 6) is 0. The van der Waals surface area contributed by atoms with Crippen molar-refractivity contribution in [2.75, 3.05) is 54.5 Å². The number of nitrogens with zero attached hydrogens (tertiary/aromatic N) is 2. The maximum Gasteiger partial charge on any atom is 0.0617 e. The highest BCUT2D eigenvalue weighted by atomic mass is 16.5. The summed E-state index contributed by atoms with van der Waals surface area (Å²) in [6.45, 7) is 3.84. The van der Waals surface area contributed by atoms with E-state index in [-0.39, 0.29) is 0 Å². The van der Waals surface area contributed by atoms with Gasteiger partial charge in [0.15, 0.2) is 0 Å². The average molecular weight is 231 g/mol. The Labute approximate surface area is 101 Å². The van der Waals surface area contributed by atoms with E-state index >= 15 is 0 Å². The third-order valence-electron chi connectivity index (χ3n) is 2.84. The van der Waals surface area contributed by atoms with E-state index in [2.05, 4.69) is 30.9 Å². The monoisotopic (exact) mass is 231 g/mol. The highest BCUT2D eigenvalue weighted by Crippen LogP contribution is 2.06. The minimum Gasteiger partial charge on any atom is -0.383 e. The minimum atomic E-state index is 0.510. The number of hydrogen-bond acceptors (Lipinski definition) is 4. The molecule has 0 amide bonds. The van der Waals surface area contributed by atoms with Crippen LogP contribution in [0.25, 0.3) is 0 Å². The first-order valence-electron chi connectivity index (χ1n) is 6.15. The number of ether oxygens (including phenoxy) is 1. The first kappa shape index (κ1) is 15.8. The Balaban J connectivity index is 3.81. The Bertz CT molecular complexity index is 153. The summed E-state index contributed by atoms with van der Waals surface area (Å²) in [5, 5.41) is 0. The second-order valence-electron chi connectivity index (χ2n) is 4.68. The van der Waals surface area contributed by atoms with Gasteiger partial charge in [-0.2, -0.15) is 0 Å². The molecule has 0 aliphatic carbocycles. The summed E-state index contributed by atoms with van der Waals surface area (Å²) in [7, 11) is 8.17. The number of likely N-dealkylation sites (N-methyl/N-ethyl adjacent to an activating group) is 1. The van der Waals surface area contributed by atoms with Crippen LogP contribution >= 0.6 is 0 Å². The minimum absolute atomic E-state index is 0.510. The molecule has 0 aliphatic rings. The van der Waals surface area contributed by atoms with Crippen molar-refractivity contribution in [3.05, 3.63) is 0 Å². The molecule has 1 unspecified atom stereocenters. The maximum absolute atomic E-state index is 5.55. The molecule has 0 aliphatic heterocycles. The van der Waals surface area contributed by atoms with Crippen LogP contribution in [0.4, 0.5) is 0 Å². The molecular formula is C12H29N3O. The number of nitrogens with two attached hydrogens (primary N) is 1. The third-order valence-corrected chi connectivity index (χ3v) is 2.84. The third kappa shape index (κ3) is 8.05. The van der Waals surface area contributed by atoms with Gasteiger partial charge in [-0.1, -0.05) is 0 Å².